The molecule has 1 aliphatic carbocycles. The number of piperidine rings is 1. The number of anilines is 1. The normalized spacial score (nSPS) is 23.4. The molecule has 2 fully saturated rings. The van der Waals surface area contributed by atoms with Gasteiger partial charge in [-0.1, -0.05) is 0 Å². The van der Waals surface area contributed by atoms with E-state index in [9.17, 15) is 4.79 Å². The summed E-state index contributed by atoms with van der Waals surface area (Å²) in [6.07, 6.45) is 7.71. The van der Waals surface area contributed by atoms with Crippen LogP contribution in [0.15, 0.2) is 18.3 Å². The monoisotopic (exact) mass is 289 g/mol. The highest BCUT2D eigenvalue weighted by molar-refractivity contribution is 5.94. The van der Waals surface area contributed by atoms with Crippen LogP contribution in [0.1, 0.15) is 49.4 Å². The van der Waals surface area contributed by atoms with E-state index in [-0.39, 0.29) is 5.97 Å². The van der Waals surface area contributed by atoms with Crippen molar-refractivity contribution in [3.63, 3.8) is 0 Å². The third-order valence-electron chi connectivity index (χ3n) is 4.58. The predicted molar refractivity (Wildman–Crippen MR) is 81.4 cm³/mol. The Hall–Kier alpha value is -1.62. The largest absolute Gasteiger partial charge is 0.462 e. The van der Waals surface area contributed by atoms with Crippen LogP contribution in [0.25, 0.3) is 0 Å². The van der Waals surface area contributed by atoms with Gasteiger partial charge >= 0.3 is 5.97 Å². The van der Waals surface area contributed by atoms with Gasteiger partial charge in [0.2, 0.25) is 0 Å². The summed E-state index contributed by atoms with van der Waals surface area (Å²) in [5.41, 5.74) is 0.856. The molecule has 5 heteroatoms. The molecule has 1 atom stereocenters. The first-order chi connectivity index (χ1) is 10.2. The molecule has 0 bridgehead atoms. The number of ether oxygens (including phenoxy) is 1. The number of nitrogens with zero attached hydrogens (tertiary/aromatic N) is 1. The summed E-state index contributed by atoms with van der Waals surface area (Å²) in [4.78, 5) is 16.3. The summed E-state index contributed by atoms with van der Waals surface area (Å²) in [6, 6.07) is 3.91. The molecule has 1 unspecified atom stereocenters. The lowest BCUT2D eigenvalue weighted by molar-refractivity contribution is 0.0527. The molecular formula is C16H23N3O2. The lowest BCUT2D eigenvalue weighted by atomic mass is 9.70. The Balaban J connectivity index is 1.71. The number of carbonyl (C=O) groups is 1. The van der Waals surface area contributed by atoms with Crippen LogP contribution in [0.2, 0.25) is 0 Å². The van der Waals surface area contributed by atoms with Crippen LogP contribution in [0.3, 0.4) is 0 Å². The molecule has 0 aromatic carbocycles. The van der Waals surface area contributed by atoms with Gasteiger partial charge in [-0.15, -0.1) is 0 Å². The summed E-state index contributed by atoms with van der Waals surface area (Å²) in [5, 5.41) is 7.11. The molecule has 2 N–H and O–H groups in total. The summed E-state index contributed by atoms with van der Waals surface area (Å²) < 4.78 is 5.10. The highest BCUT2D eigenvalue weighted by atomic mass is 16.5. The highest BCUT2D eigenvalue weighted by Crippen LogP contribution is 2.39. The summed E-state index contributed by atoms with van der Waals surface area (Å²) in [6.45, 7) is 3.22. The number of nitrogens with one attached hydrogen (secondary N) is 2. The maximum absolute atomic E-state index is 12.0. The SMILES string of the molecule is CCOC(=O)c1cccnc1NC1CCNC2(CCC2)C1. The minimum absolute atomic E-state index is 0.305. The van der Waals surface area contributed by atoms with Crippen molar-refractivity contribution in [1.82, 2.24) is 10.3 Å². The van der Waals surface area contributed by atoms with Crippen LogP contribution in [-0.4, -0.2) is 35.7 Å². The zero-order valence-electron chi connectivity index (χ0n) is 12.5. The van der Waals surface area contributed by atoms with E-state index >= 15 is 0 Å². The molecule has 1 saturated carbocycles. The number of aromatic nitrogens is 1. The maximum Gasteiger partial charge on any atom is 0.341 e. The van der Waals surface area contributed by atoms with Gasteiger partial charge in [-0.05, 0) is 57.7 Å². The molecule has 2 heterocycles. The van der Waals surface area contributed by atoms with Crippen molar-refractivity contribution < 1.29 is 9.53 Å². The van der Waals surface area contributed by atoms with Gasteiger partial charge in [0, 0.05) is 17.8 Å². The molecule has 21 heavy (non-hydrogen) atoms. The van der Waals surface area contributed by atoms with Gasteiger partial charge in [0.05, 0.1) is 6.61 Å². The van der Waals surface area contributed by atoms with E-state index in [1.54, 1.807) is 18.3 Å². The molecule has 3 rings (SSSR count). The molecule has 1 spiro atoms. The van der Waals surface area contributed by atoms with Gasteiger partial charge in [-0.2, -0.15) is 0 Å². The number of rotatable bonds is 4. The smallest absolute Gasteiger partial charge is 0.341 e. The number of pyridine rings is 1. The average molecular weight is 289 g/mol. The zero-order chi connectivity index (χ0) is 14.7. The fourth-order valence-corrected chi connectivity index (χ4v) is 3.35. The van der Waals surface area contributed by atoms with Crippen LogP contribution in [-0.2, 0) is 4.74 Å². The summed E-state index contributed by atoms with van der Waals surface area (Å²) in [7, 11) is 0. The van der Waals surface area contributed by atoms with Crippen molar-refractivity contribution in [1.29, 1.82) is 0 Å². The van der Waals surface area contributed by atoms with E-state index in [1.807, 2.05) is 6.92 Å². The lowest BCUT2D eigenvalue weighted by Crippen LogP contribution is -2.58. The lowest BCUT2D eigenvalue weighted by Gasteiger charge is -2.48. The third-order valence-corrected chi connectivity index (χ3v) is 4.58. The topological polar surface area (TPSA) is 63.2 Å². The maximum atomic E-state index is 12.0. The molecular weight excluding hydrogens is 266 g/mol. The molecule has 1 saturated heterocycles. The molecule has 1 aromatic heterocycles. The fraction of sp³-hybridized carbons (Fsp3) is 0.625. The van der Waals surface area contributed by atoms with Crippen LogP contribution >= 0.6 is 0 Å². The molecule has 0 radical (unpaired) electrons. The number of hydrogen-bond donors (Lipinski definition) is 2. The molecule has 5 nitrogen and oxygen atoms in total. The Morgan fingerprint density at radius 1 is 1.57 bits per heavy atom. The first-order valence-corrected chi connectivity index (χ1v) is 7.86. The molecule has 2 aliphatic rings. The second-order valence-corrected chi connectivity index (χ2v) is 6.01. The van der Waals surface area contributed by atoms with E-state index in [2.05, 4.69) is 15.6 Å². The minimum atomic E-state index is -0.305. The second-order valence-electron chi connectivity index (χ2n) is 6.01. The van der Waals surface area contributed by atoms with Crippen molar-refractivity contribution in [2.24, 2.45) is 0 Å². The van der Waals surface area contributed by atoms with Gasteiger partial charge in [-0.3, -0.25) is 0 Å². The van der Waals surface area contributed by atoms with E-state index < -0.39 is 0 Å². The minimum Gasteiger partial charge on any atom is -0.462 e. The first-order valence-electron chi connectivity index (χ1n) is 7.86. The Morgan fingerprint density at radius 3 is 3.14 bits per heavy atom. The summed E-state index contributed by atoms with van der Waals surface area (Å²) >= 11 is 0. The predicted octanol–water partition coefficient (Wildman–Crippen LogP) is 2.34. The van der Waals surface area contributed by atoms with Gasteiger partial charge < -0.3 is 15.4 Å². The van der Waals surface area contributed by atoms with Crippen molar-refractivity contribution in [3.8, 4) is 0 Å². The number of esters is 1. The van der Waals surface area contributed by atoms with Crippen molar-refractivity contribution in [2.75, 3.05) is 18.5 Å². The Labute approximate surface area is 125 Å². The van der Waals surface area contributed by atoms with Gasteiger partial charge in [0.1, 0.15) is 11.4 Å². The fourth-order valence-electron chi connectivity index (χ4n) is 3.35. The Kier molecular flexibility index (Phi) is 4.10. The first kappa shape index (κ1) is 14.3. The second kappa shape index (κ2) is 6.02. The van der Waals surface area contributed by atoms with Gasteiger partial charge in [-0.25, -0.2) is 9.78 Å². The molecule has 114 valence electrons. The van der Waals surface area contributed by atoms with Crippen LogP contribution in [0.4, 0.5) is 5.82 Å². The third kappa shape index (κ3) is 3.02. The van der Waals surface area contributed by atoms with Gasteiger partial charge in [0.25, 0.3) is 0 Å². The number of hydrogen-bond acceptors (Lipinski definition) is 5. The van der Waals surface area contributed by atoms with E-state index in [4.69, 9.17) is 4.74 Å². The molecule has 1 aromatic rings. The molecule has 0 amide bonds. The van der Waals surface area contributed by atoms with E-state index in [0.717, 1.165) is 19.4 Å². The Morgan fingerprint density at radius 2 is 2.43 bits per heavy atom. The van der Waals surface area contributed by atoms with Crippen molar-refractivity contribution >= 4 is 11.8 Å². The van der Waals surface area contributed by atoms with Crippen LogP contribution < -0.4 is 10.6 Å². The van der Waals surface area contributed by atoms with E-state index in [0.29, 0.717) is 29.6 Å². The van der Waals surface area contributed by atoms with Crippen molar-refractivity contribution in [3.05, 3.63) is 23.9 Å². The van der Waals surface area contributed by atoms with Crippen LogP contribution in [0, 0.1) is 0 Å². The molecule has 1 aliphatic heterocycles. The van der Waals surface area contributed by atoms with Gasteiger partial charge in [0.15, 0.2) is 0 Å². The quantitative estimate of drug-likeness (QED) is 0.833. The van der Waals surface area contributed by atoms with Crippen LogP contribution in [0.5, 0.6) is 0 Å². The number of carbonyl (C=O) groups excluding carboxylic acids is 1. The van der Waals surface area contributed by atoms with Crippen molar-refractivity contribution in [2.45, 2.75) is 50.6 Å². The average Bonchev–Trinajstić information content (AvgIpc) is 2.47. The highest BCUT2D eigenvalue weighted by Gasteiger charge is 2.41. The Bertz CT molecular complexity index is 514. The standard InChI is InChI=1S/C16H23N3O2/c1-2-21-15(20)13-5-3-9-17-14(13)19-12-6-10-18-16(11-12)7-4-8-16/h3,5,9,12,18H,2,4,6-8,10-11H2,1H3,(H,17,19). The van der Waals surface area contributed by atoms with E-state index in [1.165, 1.54) is 19.3 Å². The zero-order valence-corrected chi connectivity index (χ0v) is 12.5. The summed E-state index contributed by atoms with van der Waals surface area (Å²) in [5.74, 6) is 0.345.